The lowest BCUT2D eigenvalue weighted by atomic mass is 10.2. The summed E-state index contributed by atoms with van der Waals surface area (Å²) in [5.41, 5.74) is 5.56. The van der Waals surface area contributed by atoms with Crippen molar-refractivity contribution in [1.29, 1.82) is 0 Å². The molecule has 0 bridgehead atoms. The van der Waals surface area contributed by atoms with Crippen LogP contribution in [0.2, 0.25) is 0 Å². The number of aromatic amines is 1. The monoisotopic (exact) mass is 197 g/mol. The Morgan fingerprint density at radius 3 is 3.00 bits per heavy atom. The maximum atomic E-state index is 11.4. The maximum absolute atomic E-state index is 11.4. The van der Waals surface area contributed by atoms with E-state index in [2.05, 4.69) is 20.5 Å². The second kappa shape index (κ2) is 4.71. The molecule has 0 fully saturated rings. The summed E-state index contributed by atoms with van der Waals surface area (Å²) in [6, 6.07) is -0.650. The summed E-state index contributed by atoms with van der Waals surface area (Å²) in [5, 5.41) is 9.11. The van der Waals surface area contributed by atoms with Gasteiger partial charge in [0, 0.05) is 0 Å². The summed E-state index contributed by atoms with van der Waals surface area (Å²) in [6.07, 6.45) is 2.02. The number of hydrogen-bond acceptors (Lipinski definition) is 4. The fourth-order valence-corrected chi connectivity index (χ4v) is 0.998. The molecule has 0 aromatic carbocycles. The van der Waals surface area contributed by atoms with Gasteiger partial charge in [-0.15, -0.1) is 0 Å². The van der Waals surface area contributed by atoms with Crippen LogP contribution in [0.1, 0.15) is 32.1 Å². The zero-order valence-electron chi connectivity index (χ0n) is 8.32. The summed E-state index contributed by atoms with van der Waals surface area (Å²) in [7, 11) is 0. The van der Waals surface area contributed by atoms with Crippen molar-refractivity contribution in [3.8, 4) is 0 Å². The Hall–Kier alpha value is -1.43. The third-order valence-electron chi connectivity index (χ3n) is 1.98. The molecule has 1 rings (SSSR count). The highest BCUT2D eigenvalue weighted by Crippen LogP contribution is 2.04. The number of nitrogens with one attached hydrogen (secondary N) is 2. The Bertz CT molecular complexity index is 284. The second-order valence-electron chi connectivity index (χ2n) is 3.12. The minimum absolute atomic E-state index is 0.170. The summed E-state index contributed by atoms with van der Waals surface area (Å²) in [5.74, 6) is 0.457. The van der Waals surface area contributed by atoms with Crippen LogP contribution in [0.25, 0.3) is 0 Å². The van der Waals surface area contributed by atoms with Gasteiger partial charge >= 0.3 is 0 Å². The van der Waals surface area contributed by atoms with Gasteiger partial charge in [0.15, 0.2) is 0 Å². The van der Waals surface area contributed by atoms with E-state index in [1.165, 1.54) is 6.33 Å². The van der Waals surface area contributed by atoms with Gasteiger partial charge < -0.3 is 11.1 Å². The van der Waals surface area contributed by atoms with Crippen molar-refractivity contribution in [2.45, 2.75) is 32.4 Å². The van der Waals surface area contributed by atoms with Crippen LogP contribution in [0.5, 0.6) is 0 Å². The van der Waals surface area contributed by atoms with Gasteiger partial charge in [-0.1, -0.05) is 6.92 Å². The molecular formula is C8H15N5O. The third-order valence-corrected chi connectivity index (χ3v) is 1.98. The van der Waals surface area contributed by atoms with Gasteiger partial charge in [-0.25, -0.2) is 4.98 Å². The quantitative estimate of drug-likeness (QED) is 0.618. The Labute approximate surface area is 82.3 Å². The Morgan fingerprint density at radius 1 is 1.79 bits per heavy atom. The molecule has 0 aliphatic heterocycles. The molecule has 78 valence electrons. The van der Waals surface area contributed by atoms with E-state index in [1.807, 2.05) is 13.8 Å². The summed E-state index contributed by atoms with van der Waals surface area (Å²) in [4.78, 5) is 15.3. The molecule has 1 unspecified atom stereocenters. The Morgan fingerprint density at radius 2 is 2.50 bits per heavy atom. The molecule has 0 saturated heterocycles. The molecule has 1 aromatic rings. The van der Waals surface area contributed by atoms with Crippen LogP contribution in [0, 0.1) is 0 Å². The molecule has 1 aromatic heterocycles. The first kappa shape index (κ1) is 10.6. The van der Waals surface area contributed by atoms with Crippen LogP contribution >= 0.6 is 0 Å². The van der Waals surface area contributed by atoms with Crippen molar-refractivity contribution < 1.29 is 4.79 Å². The molecule has 0 aliphatic carbocycles. The number of hydrogen-bond donors (Lipinski definition) is 3. The summed E-state index contributed by atoms with van der Waals surface area (Å²) >= 11 is 0. The van der Waals surface area contributed by atoms with Gasteiger partial charge in [0.1, 0.15) is 12.2 Å². The lowest BCUT2D eigenvalue weighted by Crippen LogP contribution is -2.41. The average Bonchev–Trinajstić information content (AvgIpc) is 2.69. The highest BCUT2D eigenvalue weighted by atomic mass is 16.2. The van der Waals surface area contributed by atoms with Crippen LogP contribution in [-0.4, -0.2) is 27.1 Å². The average molecular weight is 197 g/mol. The van der Waals surface area contributed by atoms with Crippen LogP contribution in [-0.2, 0) is 4.79 Å². The Kier molecular flexibility index (Phi) is 3.58. The van der Waals surface area contributed by atoms with E-state index in [1.54, 1.807) is 0 Å². The van der Waals surface area contributed by atoms with Gasteiger partial charge in [0.25, 0.3) is 0 Å². The third kappa shape index (κ3) is 2.53. The van der Waals surface area contributed by atoms with E-state index >= 15 is 0 Å². The van der Waals surface area contributed by atoms with Gasteiger partial charge in [0.2, 0.25) is 5.91 Å². The van der Waals surface area contributed by atoms with Gasteiger partial charge in [0.05, 0.1) is 12.1 Å². The van der Waals surface area contributed by atoms with E-state index in [9.17, 15) is 4.79 Å². The van der Waals surface area contributed by atoms with Gasteiger partial charge in [-0.05, 0) is 13.3 Å². The normalized spacial score (nSPS) is 14.8. The van der Waals surface area contributed by atoms with E-state index in [0.717, 1.165) is 0 Å². The topological polar surface area (TPSA) is 96.7 Å². The SMILES string of the molecule is CC[C@H](N)C(=O)NC(C)c1ncn[nH]1. The van der Waals surface area contributed by atoms with E-state index in [0.29, 0.717) is 12.2 Å². The molecule has 1 heterocycles. The highest BCUT2D eigenvalue weighted by molar-refractivity contribution is 5.81. The Balaban J connectivity index is 2.49. The minimum atomic E-state index is -0.458. The number of nitrogens with two attached hydrogens (primary N) is 1. The molecule has 0 spiro atoms. The number of aromatic nitrogens is 3. The zero-order chi connectivity index (χ0) is 10.6. The minimum Gasteiger partial charge on any atom is -0.345 e. The molecule has 6 heteroatoms. The summed E-state index contributed by atoms with van der Waals surface area (Å²) < 4.78 is 0. The van der Waals surface area contributed by atoms with Crippen molar-refractivity contribution in [2.24, 2.45) is 5.73 Å². The number of rotatable bonds is 4. The molecule has 14 heavy (non-hydrogen) atoms. The number of carbonyl (C=O) groups excluding carboxylic acids is 1. The van der Waals surface area contributed by atoms with E-state index < -0.39 is 6.04 Å². The van der Waals surface area contributed by atoms with Crippen molar-refractivity contribution >= 4 is 5.91 Å². The molecule has 6 nitrogen and oxygen atoms in total. The van der Waals surface area contributed by atoms with E-state index in [4.69, 9.17) is 5.73 Å². The standard InChI is InChI=1S/C8H15N5O/c1-3-6(9)8(14)12-5(2)7-10-4-11-13-7/h4-6H,3,9H2,1-2H3,(H,12,14)(H,10,11,13)/t5?,6-/m0/s1. The first-order valence-electron chi connectivity index (χ1n) is 4.56. The van der Waals surface area contributed by atoms with E-state index in [-0.39, 0.29) is 11.9 Å². The fraction of sp³-hybridized carbons (Fsp3) is 0.625. The number of nitrogens with zero attached hydrogens (tertiary/aromatic N) is 2. The molecule has 0 radical (unpaired) electrons. The lowest BCUT2D eigenvalue weighted by Gasteiger charge is -2.14. The predicted molar refractivity (Wildman–Crippen MR) is 51.2 cm³/mol. The van der Waals surface area contributed by atoms with Crippen molar-refractivity contribution in [1.82, 2.24) is 20.5 Å². The van der Waals surface area contributed by atoms with Crippen LogP contribution in [0.3, 0.4) is 0 Å². The van der Waals surface area contributed by atoms with Crippen molar-refractivity contribution in [3.63, 3.8) is 0 Å². The molecular weight excluding hydrogens is 182 g/mol. The fourth-order valence-electron chi connectivity index (χ4n) is 0.998. The summed E-state index contributed by atoms with van der Waals surface area (Å²) in [6.45, 7) is 3.68. The largest absolute Gasteiger partial charge is 0.345 e. The second-order valence-corrected chi connectivity index (χ2v) is 3.12. The molecule has 1 amide bonds. The van der Waals surface area contributed by atoms with Crippen molar-refractivity contribution in [2.75, 3.05) is 0 Å². The van der Waals surface area contributed by atoms with Crippen LogP contribution < -0.4 is 11.1 Å². The molecule has 2 atom stereocenters. The molecule has 0 aliphatic rings. The number of amides is 1. The van der Waals surface area contributed by atoms with Gasteiger partial charge in [-0.3, -0.25) is 9.89 Å². The van der Waals surface area contributed by atoms with Crippen LogP contribution in [0.15, 0.2) is 6.33 Å². The first-order valence-corrected chi connectivity index (χ1v) is 4.56. The maximum Gasteiger partial charge on any atom is 0.237 e. The number of H-pyrrole nitrogens is 1. The highest BCUT2D eigenvalue weighted by Gasteiger charge is 2.15. The number of carbonyl (C=O) groups is 1. The molecule has 4 N–H and O–H groups in total. The molecule has 0 saturated carbocycles. The predicted octanol–water partition coefficient (Wildman–Crippen LogP) is -0.281. The first-order chi connectivity index (χ1) is 6.65. The zero-order valence-corrected chi connectivity index (χ0v) is 8.32. The van der Waals surface area contributed by atoms with Crippen LogP contribution in [0.4, 0.5) is 0 Å². The van der Waals surface area contributed by atoms with Gasteiger partial charge in [-0.2, -0.15) is 5.10 Å². The smallest absolute Gasteiger partial charge is 0.237 e. The lowest BCUT2D eigenvalue weighted by molar-refractivity contribution is -0.123. The van der Waals surface area contributed by atoms with Crippen molar-refractivity contribution in [3.05, 3.63) is 12.2 Å².